The Morgan fingerprint density at radius 2 is 1.19 bits per heavy atom. The minimum absolute atomic E-state index is 0.0410. The fraction of sp³-hybridized carbons (Fsp3) is 0.440. The van der Waals surface area contributed by atoms with E-state index < -0.39 is 85.6 Å². The Balaban J connectivity index is 1.31. The number of benzene rings is 4. The molecule has 3 fully saturated rings. The normalized spacial score (nSPS) is 26.7. The third-order valence-electron chi connectivity index (χ3n) is 11.9. The standard InChI is InChI=1S/C50H56O13/c1-32-27-38(51)42(52)39(28-32)60-50-45(63-48(55)37-25-15-6-16-26-37)44(59-40(29-33-17-7-2-8-18-33)49(56)57-30-34-19-9-3-10-20-34)43(62-47(54)36-23-13-5-14-24-36)41(61-50)31-58-46(53)35-21-11-4-12-22-35/h3-6,9-16,19-26,32-33,38-45,50-52H,2,7-8,17-18,27-31H2,1H3/t32?,38?,39?,40-,41?,42?,43?,44?,45?,50?/m0/s1. The highest BCUT2D eigenvalue weighted by molar-refractivity contribution is 5.90. The number of aliphatic hydroxyl groups is 2. The summed E-state index contributed by atoms with van der Waals surface area (Å²) in [7, 11) is 0. The van der Waals surface area contributed by atoms with Gasteiger partial charge < -0.3 is 43.4 Å². The molecule has 1 heterocycles. The molecule has 0 aromatic heterocycles. The maximum atomic E-state index is 14.4. The summed E-state index contributed by atoms with van der Waals surface area (Å²) in [6, 6.07) is 33.9. The fourth-order valence-electron chi connectivity index (χ4n) is 8.58. The Labute approximate surface area is 367 Å². The molecule has 9 unspecified atom stereocenters. The van der Waals surface area contributed by atoms with Crippen LogP contribution in [0.25, 0.3) is 0 Å². The van der Waals surface area contributed by atoms with Gasteiger partial charge in [-0.25, -0.2) is 19.2 Å². The molecule has 10 atom stereocenters. The number of carbonyl (C=O) groups is 4. The van der Waals surface area contributed by atoms with Crippen molar-refractivity contribution in [2.45, 2.75) is 120 Å². The van der Waals surface area contributed by atoms with Gasteiger partial charge in [0.05, 0.1) is 28.9 Å². The lowest BCUT2D eigenvalue weighted by atomic mass is 9.84. The van der Waals surface area contributed by atoms with Crippen molar-refractivity contribution in [3.8, 4) is 0 Å². The van der Waals surface area contributed by atoms with Crippen molar-refractivity contribution in [2.75, 3.05) is 6.61 Å². The van der Waals surface area contributed by atoms with Crippen LogP contribution in [0.5, 0.6) is 0 Å². The van der Waals surface area contributed by atoms with Crippen LogP contribution in [0.4, 0.5) is 0 Å². The minimum atomic E-state index is -1.57. The second kappa shape index (κ2) is 22.3. The second-order valence-corrected chi connectivity index (χ2v) is 16.7. The lowest BCUT2D eigenvalue weighted by molar-refractivity contribution is -0.329. The van der Waals surface area contributed by atoms with Crippen LogP contribution in [0.3, 0.4) is 0 Å². The quantitative estimate of drug-likeness (QED) is 0.0870. The van der Waals surface area contributed by atoms with Crippen LogP contribution in [0, 0.1) is 11.8 Å². The Bertz CT molecular complexity index is 2060. The van der Waals surface area contributed by atoms with Gasteiger partial charge in [-0.15, -0.1) is 0 Å². The average molecular weight is 865 g/mol. The highest BCUT2D eigenvalue weighted by atomic mass is 16.7. The van der Waals surface area contributed by atoms with E-state index in [4.69, 9.17) is 33.2 Å². The number of ether oxygens (including phenoxy) is 7. The Morgan fingerprint density at radius 1 is 0.651 bits per heavy atom. The monoisotopic (exact) mass is 864 g/mol. The molecule has 4 aromatic rings. The molecular weight excluding hydrogens is 809 g/mol. The van der Waals surface area contributed by atoms with Gasteiger partial charge in [0.25, 0.3) is 0 Å². The van der Waals surface area contributed by atoms with Crippen molar-refractivity contribution in [1.29, 1.82) is 0 Å². The summed E-state index contributed by atoms with van der Waals surface area (Å²) >= 11 is 0. The first kappa shape index (κ1) is 45.6. The molecule has 13 heteroatoms. The van der Waals surface area contributed by atoms with E-state index in [0.29, 0.717) is 12.8 Å². The summed E-state index contributed by atoms with van der Waals surface area (Å²) in [6.45, 7) is 1.37. The van der Waals surface area contributed by atoms with Crippen molar-refractivity contribution >= 4 is 23.9 Å². The first-order chi connectivity index (χ1) is 30.6. The van der Waals surface area contributed by atoms with E-state index >= 15 is 0 Å². The lowest BCUT2D eigenvalue weighted by Gasteiger charge is -2.47. The third-order valence-corrected chi connectivity index (χ3v) is 11.9. The third kappa shape index (κ3) is 12.4. The van der Waals surface area contributed by atoms with Crippen LogP contribution in [0.2, 0.25) is 0 Å². The lowest BCUT2D eigenvalue weighted by Crippen LogP contribution is -2.64. The van der Waals surface area contributed by atoms with E-state index in [1.807, 2.05) is 37.3 Å². The Morgan fingerprint density at radius 3 is 1.78 bits per heavy atom. The molecule has 3 aliphatic rings. The summed E-state index contributed by atoms with van der Waals surface area (Å²) in [5, 5.41) is 22.1. The van der Waals surface area contributed by atoms with Crippen LogP contribution < -0.4 is 0 Å². The second-order valence-electron chi connectivity index (χ2n) is 16.7. The molecule has 334 valence electrons. The summed E-state index contributed by atoms with van der Waals surface area (Å²) in [5.41, 5.74) is 1.37. The van der Waals surface area contributed by atoms with Crippen molar-refractivity contribution in [2.24, 2.45) is 11.8 Å². The molecule has 0 spiro atoms. The van der Waals surface area contributed by atoms with E-state index in [2.05, 4.69) is 0 Å². The Hall–Kier alpha value is -5.44. The van der Waals surface area contributed by atoms with E-state index in [1.165, 1.54) is 0 Å². The highest BCUT2D eigenvalue weighted by Gasteiger charge is 2.55. The van der Waals surface area contributed by atoms with Gasteiger partial charge in [0.15, 0.2) is 24.6 Å². The Kier molecular flexibility index (Phi) is 16.1. The fourth-order valence-corrected chi connectivity index (χ4v) is 8.58. The van der Waals surface area contributed by atoms with Gasteiger partial charge in [0, 0.05) is 0 Å². The maximum Gasteiger partial charge on any atom is 0.338 e. The topological polar surface area (TPSA) is 173 Å². The predicted octanol–water partition coefficient (Wildman–Crippen LogP) is 7.02. The van der Waals surface area contributed by atoms with Gasteiger partial charge in [-0.2, -0.15) is 0 Å². The summed E-state index contributed by atoms with van der Waals surface area (Å²) in [6.07, 6.45) is -6.63. The molecule has 1 aliphatic heterocycles. The van der Waals surface area contributed by atoms with Gasteiger partial charge in [-0.05, 0) is 73.1 Å². The first-order valence-electron chi connectivity index (χ1n) is 21.9. The zero-order valence-corrected chi connectivity index (χ0v) is 35.4. The van der Waals surface area contributed by atoms with Gasteiger partial charge in [0.2, 0.25) is 0 Å². The molecule has 4 aromatic carbocycles. The van der Waals surface area contributed by atoms with E-state index in [1.54, 1.807) is 91.0 Å². The molecule has 0 amide bonds. The molecule has 63 heavy (non-hydrogen) atoms. The molecule has 2 N–H and O–H groups in total. The SMILES string of the molecule is CC1CC(O)C(O)C(OC2OC(COC(=O)c3ccccc3)C(OC(=O)c3ccccc3)C(O[C@@H](CC3CCCCC3)C(=O)OCc3ccccc3)C2OC(=O)c2ccccc2)C1. The van der Waals surface area contributed by atoms with Crippen molar-refractivity contribution in [1.82, 2.24) is 0 Å². The summed E-state index contributed by atoms with van der Waals surface area (Å²) < 4.78 is 44.3. The number of aliphatic hydroxyl groups excluding tert-OH is 2. The zero-order valence-electron chi connectivity index (χ0n) is 35.4. The summed E-state index contributed by atoms with van der Waals surface area (Å²) in [4.78, 5) is 56.0. The van der Waals surface area contributed by atoms with Crippen molar-refractivity contribution in [3.63, 3.8) is 0 Å². The molecule has 2 saturated carbocycles. The van der Waals surface area contributed by atoms with E-state index in [9.17, 15) is 29.4 Å². The molecule has 2 aliphatic carbocycles. The molecule has 1 saturated heterocycles. The predicted molar refractivity (Wildman–Crippen MR) is 228 cm³/mol. The number of hydrogen-bond donors (Lipinski definition) is 2. The van der Waals surface area contributed by atoms with E-state index in [-0.39, 0.29) is 41.6 Å². The summed E-state index contributed by atoms with van der Waals surface area (Å²) in [5.74, 6) is -2.96. The average Bonchev–Trinajstić information content (AvgIpc) is 3.31. The largest absolute Gasteiger partial charge is 0.459 e. The number of esters is 4. The van der Waals surface area contributed by atoms with Gasteiger partial charge >= 0.3 is 23.9 Å². The molecule has 7 rings (SSSR count). The highest BCUT2D eigenvalue weighted by Crippen LogP contribution is 2.37. The molecule has 0 radical (unpaired) electrons. The van der Waals surface area contributed by atoms with Crippen LogP contribution in [-0.2, 0) is 44.6 Å². The van der Waals surface area contributed by atoms with Gasteiger partial charge in [0.1, 0.15) is 31.5 Å². The van der Waals surface area contributed by atoms with Crippen LogP contribution >= 0.6 is 0 Å². The van der Waals surface area contributed by atoms with Crippen LogP contribution in [0.15, 0.2) is 121 Å². The van der Waals surface area contributed by atoms with Crippen molar-refractivity contribution in [3.05, 3.63) is 144 Å². The van der Waals surface area contributed by atoms with Gasteiger partial charge in [-0.3, -0.25) is 0 Å². The molecule has 13 nitrogen and oxygen atoms in total. The number of carbonyl (C=O) groups excluding carboxylic acids is 4. The molecule has 0 bridgehead atoms. The smallest absolute Gasteiger partial charge is 0.338 e. The number of hydrogen-bond acceptors (Lipinski definition) is 13. The number of rotatable bonds is 16. The van der Waals surface area contributed by atoms with Crippen LogP contribution in [0.1, 0.15) is 94.9 Å². The first-order valence-corrected chi connectivity index (χ1v) is 21.9. The van der Waals surface area contributed by atoms with Crippen LogP contribution in [-0.4, -0.2) is 95.8 Å². The minimum Gasteiger partial charge on any atom is -0.459 e. The molecular formula is C50H56O13. The maximum absolute atomic E-state index is 14.4. The van der Waals surface area contributed by atoms with Crippen molar-refractivity contribution < 1.29 is 62.5 Å². The zero-order chi connectivity index (χ0) is 44.1. The van der Waals surface area contributed by atoms with Gasteiger partial charge in [-0.1, -0.05) is 124 Å². The van der Waals surface area contributed by atoms with E-state index in [0.717, 1.165) is 37.7 Å².